The van der Waals surface area contributed by atoms with Gasteiger partial charge < -0.3 is 9.73 Å². The summed E-state index contributed by atoms with van der Waals surface area (Å²) in [6.45, 7) is 1.76. The molecule has 3 rings (SSSR count). The molecule has 0 aliphatic heterocycles. The van der Waals surface area contributed by atoms with Gasteiger partial charge in [0.05, 0.1) is 5.92 Å². The van der Waals surface area contributed by atoms with E-state index in [1.165, 1.54) is 12.8 Å². The highest BCUT2D eigenvalue weighted by molar-refractivity contribution is 5.77. The molecular weight excluding hydrogens is 278 g/mol. The first-order valence-electron chi connectivity index (χ1n) is 7.86. The van der Waals surface area contributed by atoms with E-state index in [0.717, 1.165) is 18.4 Å². The molecule has 1 aliphatic rings. The second-order valence-corrected chi connectivity index (χ2v) is 5.88. The third-order valence-corrected chi connectivity index (χ3v) is 4.15. The number of carbonyl (C=O) groups excluding carboxylic acids is 1. The van der Waals surface area contributed by atoms with E-state index >= 15 is 0 Å². The molecular formula is C17H21N3O2. The lowest BCUT2D eigenvalue weighted by atomic mass is 9.95. The molecule has 0 spiro atoms. The highest BCUT2D eigenvalue weighted by Crippen LogP contribution is 2.27. The monoisotopic (exact) mass is 299 g/mol. The molecule has 5 nitrogen and oxygen atoms in total. The summed E-state index contributed by atoms with van der Waals surface area (Å²) in [5.41, 5.74) is 1.02. The van der Waals surface area contributed by atoms with Crippen molar-refractivity contribution in [2.45, 2.75) is 51.0 Å². The van der Waals surface area contributed by atoms with Gasteiger partial charge in [-0.15, -0.1) is 10.2 Å². The van der Waals surface area contributed by atoms with Gasteiger partial charge in [0.2, 0.25) is 17.7 Å². The van der Waals surface area contributed by atoms with Crippen molar-refractivity contribution in [3.8, 4) is 0 Å². The molecule has 1 aromatic carbocycles. The molecule has 1 N–H and O–H groups in total. The van der Waals surface area contributed by atoms with Gasteiger partial charge in [-0.2, -0.15) is 0 Å². The van der Waals surface area contributed by atoms with Crippen LogP contribution in [-0.2, 0) is 4.79 Å². The molecule has 1 aromatic heterocycles. The molecule has 1 heterocycles. The second-order valence-electron chi connectivity index (χ2n) is 5.88. The van der Waals surface area contributed by atoms with Gasteiger partial charge in [-0.25, -0.2) is 0 Å². The van der Waals surface area contributed by atoms with E-state index < -0.39 is 0 Å². The number of hydrogen-bond acceptors (Lipinski definition) is 4. The molecule has 1 unspecified atom stereocenters. The van der Waals surface area contributed by atoms with E-state index in [2.05, 4.69) is 15.5 Å². The number of carbonyl (C=O) groups is 1. The third-order valence-electron chi connectivity index (χ3n) is 4.15. The average Bonchev–Trinajstić information content (AvgIpc) is 3.17. The van der Waals surface area contributed by atoms with Crippen LogP contribution in [0.2, 0.25) is 0 Å². The van der Waals surface area contributed by atoms with Gasteiger partial charge in [0.1, 0.15) is 0 Å². The van der Waals surface area contributed by atoms with Crippen LogP contribution in [0.3, 0.4) is 0 Å². The smallest absolute Gasteiger partial charge is 0.224 e. The predicted octanol–water partition coefficient (Wildman–Crippen LogP) is 2.96. The van der Waals surface area contributed by atoms with Crippen molar-refractivity contribution in [3.63, 3.8) is 0 Å². The molecule has 1 amide bonds. The summed E-state index contributed by atoms with van der Waals surface area (Å²) in [5.74, 6) is 0.887. The van der Waals surface area contributed by atoms with Crippen LogP contribution >= 0.6 is 0 Å². The third kappa shape index (κ3) is 3.53. The molecule has 1 fully saturated rings. The molecule has 1 atom stereocenters. The maximum atomic E-state index is 12.4. The topological polar surface area (TPSA) is 68.0 Å². The molecule has 2 aromatic rings. The zero-order chi connectivity index (χ0) is 15.4. The summed E-state index contributed by atoms with van der Waals surface area (Å²) < 4.78 is 5.57. The number of benzene rings is 1. The maximum Gasteiger partial charge on any atom is 0.224 e. The Hall–Kier alpha value is -2.17. The molecule has 5 heteroatoms. The van der Waals surface area contributed by atoms with Crippen LogP contribution in [0, 0.1) is 6.92 Å². The van der Waals surface area contributed by atoms with Crippen molar-refractivity contribution in [3.05, 3.63) is 47.7 Å². The Bertz CT molecular complexity index is 618. The minimum Gasteiger partial charge on any atom is -0.425 e. The van der Waals surface area contributed by atoms with E-state index in [9.17, 15) is 4.79 Å². The van der Waals surface area contributed by atoms with Crippen LogP contribution in [0.25, 0.3) is 0 Å². The fourth-order valence-electron chi connectivity index (χ4n) is 3.03. The second kappa shape index (κ2) is 6.73. The lowest BCUT2D eigenvalue weighted by Gasteiger charge is -2.16. The Morgan fingerprint density at radius 1 is 1.27 bits per heavy atom. The van der Waals surface area contributed by atoms with Gasteiger partial charge in [-0.05, 0) is 18.4 Å². The molecule has 0 radical (unpaired) electrons. The van der Waals surface area contributed by atoms with Crippen molar-refractivity contribution in [2.24, 2.45) is 0 Å². The van der Waals surface area contributed by atoms with E-state index in [4.69, 9.17) is 4.42 Å². The van der Waals surface area contributed by atoms with E-state index in [0.29, 0.717) is 24.2 Å². The van der Waals surface area contributed by atoms with Crippen LogP contribution < -0.4 is 5.32 Å². The van der Waals surface area contributed by atoms with E-state index in [-0.39, 0.29) is 11.8 Å². The largest absolute Gasteiger partial charge is 0.425 e. The molecule has 1 aliphatic carbocycles. The molecule has 1 saturated carbocycles. The summed E-state index contributed by atoms with van der Waals surface area (Å²) >= 11 is 0. The normalized spacial score (nSPS) is 16.6. The Morgan fingerprint density at radius 2 is 2.00 bits per heavy atom. The zero-order valence-electron chi connectivity index (χ0n) is 12.8. The number of amides is 1. The zero-order valence-corrected chi connectivity index (χ0v) is 12.8. The summed E-state index contributed by atoms with van der Waals surface area (Å²) in [7, 11) is 0. The summed E-state index contributed by atoms with van der Waals surface area (Å²) in [6.07, 6.45) is 4.91. The van der Waals surface area contributed by atoms with Crippen molar-refractivity contribution < 1.29 is 9.21 Å². The van der Waals surface area contributed by atoms with E-state index in [1.807, 2.05) is 30.3 Å². The number of aryl methyl sites for hydroxylation is 1. The highest BCUT2D eigenvalue weighted by atomic mass is 16.4. The first kappa shape index (κ1) is 14.8. The predicted molar refractivity (Wildman–Crippen MR) is 82.3 cm³/mol. The van der Waals surface area contributed by atoms with Gasteiger partial charge in [0, 0.05) is 19.4 Å². The first-order valence-corrected chi connectivity index (χ1v) is 7.86. The standard InChI is InChI=1S/C17H21N3O2/c1-12-19-20-17(22-12)15(13-7-3-2-4-8-13)11-16(21)18-14-9-5-6-10-14/h2-4,7-8,14-15H,5-6,9-11H2,1H3,(H,18,21). The van der Waals surface area contributed by atoms with Gasteiger partial charge in [0.25, 0.3) is 0 Å². The summed E-state index contributed by atoms with van der Waals surface area (Å²) in [6, 6.07) is 10.2. The van der Waals surface area contributed by atoms with Crippen LogP contribution in [-0.4, -0.2) is 22.1 Å². The van der Waals surface area contributed by atoms with Crippen molar-refractivity contribution >= 4 is 5.91 Å². The van der Waals surface area contributed by atoms with Gasteiger partial charge in [0.15, 0.2) is 0 Å². The molecule has 116 valence electrons. The fourth-order valence-corrected chi connectivity index (χ4v) is 3.03. The Labute approximate surface area is 130 Å². The Balaban J connectivity index is 1.75. The lowest BCUT2D eigenvalue weighted by molar-refractivity contribution is -0.122. The summed E-state index contributed by atoms with van der Waals surface area (Å²) in [4.78, 5) is 12.4. The minimum atomic E-state index is -0.191. The fraction of sp³-hybridized carbons (Fsp3) is 0.471. The quantitative estimate of drug-likeness (QED) is 0.921. The number of rotatable bonds is 5. The van der Waals surface area contributed by atoms with E-state index in [1.54, 1.807) is 6.92 Å². The average molecular weight is 299 g/mol. The highest BCUT2D eigenvalue weighted by Gasteiger charge is 2.25. The summed E-state index contributed by atoms with van der Waals surface area (Å²) in [5, 5.41) is 11.1. The molecule has 0 bridgehead atoms. The molecule has 22 heavy (non-hydrogen) atoms. The van der Waals surface area contributed by atoms with Crippen molar-refractivity contribution in [1.82, 2.24) is 15.5 Å². The van der Waals surface area contributed by atoms with Crippen LogP contribution in [0.15, 0.2) is 34.7 Å². The van der Waals surface area contributed by atoms with Crippen LogP contribution in [0.1, 0.15) is 55.4 Å². The lowest BCUT2D eigenvalue weighted by Crippen LogP contribution is -2.33. The Morgan fingerprint density at radius 3 is 2.64 bits per heavy atom. The Kier molecular flexibility index (Phi) is 4.51. The molecule has 0 saturated heterocycles. The first-order chi connectivity index (χ1) is 10.7. The SMILES string of the molecule is Cc1nnc(C(CC(=O)NC2CCCC2)c2ccccc2)o1. The van der Waals surface area contributed by atoms with Gasteiger partial charge in [-0.1, -0.05) is 43.2 Å². The maximum absolute atomic E-state index is 12.4. The number of nitrogens with one attached hydrogen (secondary N) is 1. The van der Waals surface area contributed by atoms with Gasteiger partial charge >= 0.3 is 0 Å². The van der Waals surface area contributed by atoms with Gasteiger partial charge in [-0.3, -0.25) is 4.79 Å². The minimum absolute atomic E-state index is 0.0524. The number of hydrogen-bond donors (Lipinski definition) is 1. The number of aromatic nitrogens is 2. The van der Waals surface area contributed by atoms with Crippen molar-refractivity contribution in [1.29, 1.82) is 0 Å². The van der Waals surface area contributed by atoms with Crippen LogP contribution in [0.5, 0.6) is 0 Å². The number of nitrogens with zero attached hydrogens (tertiary/aromatic N) is 2. The van der Waals surface area contributed by atoms with Crippen LogP contribution in [0.4, 0.5) is 0 Å². The van der Waals surface area contributed by atoms with Crippen molar-refractivity contribution in [2.75, 3.05) is 0 Å².